The molecule has 13 heavy (non-hydrogen) atoms. The zero-order chi connectivity index (χ0) is 10.4. The average molecular weight is 220 g/mol. The van der Waals surface area contributed by atoms with Crippen LogP contribution in [0.25, 0.3) is 0 Å². The van der Waals surface area contributed by atoms with Gasteiger partial charge < -0.3 is 5.73 Å². The van der Waals surface area contributed by atoms with Gasteiger partial charge in [0.15, 0.2) is 0 Å². The Kier molecular flexibility index (Phi) is 6.73. The number of rotatable bonds is 6. The van der Waals surface area contributed by atoms with Gasteiger partial charge in [-0.3, -0.25) is 4.90 Å². The molecule has 0 aliphatic rings. The summed E-state index contributed by atoms with van der Waals surface area (Å²) < 4.78 is 0. The van der Waals surface area contributed by atoms with Gasteiger partial charge in [0.2, 0.25) is 0 Å². The van der Waals surface area contributed by atoms with Gasteiger partial charge >= 0.3 is 0 Å². The van der Waals surface area contributed by atoms with E-state index in [2.05, 4.69) is 32.1 Å². The minimum absolute atomic E-state index is 0.247. The van der Waals surface area contributed by atoms with Crippen LogP contribution in [0.15, 0.2) is 0 Å². The van der Waals surface area contributed by atoms with Crippen molar-refractivity contribution in [3.63, 3.8) is 0 Å². The molecule has 0 aliphatic carbocycles. The Balaban J connectivity index is 4.18. The molecule has 0 aliphatic heterocycles. The number of hydrogen-bond donors (Lipinski definition) is 1. The fourth-order valence-electron chi connectivity index (χ4n) is 1.36. The van der Waals surface area contributed by atoms with E-state index in [1.54, 1.807) is 0 Å². The molecule has 0 bridgehead atoms. The highest BCUT2D eigenvalue weighted by Gasteiger charge is 2.19. The molecular weight excluding hydrogens is 200 g/mol. The van der Waals surface area contributed by atoms with Crippen LogP contribution in [0.5, 0.6) is 0 Å². The van der Waals surface area contributed by atoms with E-state index in [0.717, 1.165) is 12.2 Å². The summed E-state index contributed by atoms with van der Waals surface area (Å²) in [7, 11) is 2.09. The van der Waals surface area contributed by atoms with Crippen LogP contribution in [-0.4, -0.2) is 41.0 Å². The number of hydrogen-bond acceptors (Lipinski definition) is 3. The predicted molar refractivity (Wildman–Crippen MR) is 66.5 cm³/mol. The molecule has 0 heterocycles. The summed E-state index contributed by atoms with van der Waals surface area (Å²) in [6, 6.07) is 0.776. The van der Waals surface area contributed by atoms with E-state index in [4.69, 9.17) is 18.0 Å². The lowest BCUT2D eigenvalue weighted by Gasteiger charge is -2.31. The van der Waals surface area contributed by atoms with Gasteiger partial charge in [0.1, 0.15) is 0 Å². The Morgan fingerprint density at radius 1 is 1.62 bits per heavy atom. The molecule has 2 nitrogen and oxygen atoms in total. The first kappa shape index (κ1) is 13.2. The van der Waals surface area contributed by atoms with Crippen LogP contribution in [0.2, 0.25) is 0 Å². The van der Waals surface area contributed by atoms with E-state index < -0.39 is 0 Å². The Labute approximate surface area is 91.2 Å². The molecule has 78 valence electrons. The topological polar surface area (TPSA) is 29.3 Å². The lowest BCUT2D eigenvalue weighted by molar-refractivity contribution is 0.241. The molecule has 0 aromatic heterocycles. The number of nitrogens with zero attached hydrogens (tertiary/aromatic N) is 1. The third-order valence-electron chi connectivity index (χ3n) is 2.31. The standard InChI is InChI=1S/C9H20N2S2/c1-5-8(9(10)12)11(3)7(2)6-13-4/h7-8H,5-6H2,1-4H3,(H2,10,12). The maximum atomic E-state index is 5.67. The minimum Gasteiger partial charge on any atom is -0.392 e. The van der Waals surface area contributed by atoms with Gasteiger partial charge in [0.05, 0.1) is 11.0 Å². The van der Waals surface area contributed by atoms with Crippen molar-refractivity contribution in [1.29, 1.82) is 0 Å². The lowest BCUT2D eigenvalue weighted by Crippen LogP contribution is -2.46. The lowest BCUT2D eigenvalue weighted by atomic mass is 10.1. The van der Waals surface area contributed by atoms with E-state index in [9.17, 15) is 0 Å². The number of thioether (sulfide) groups is 1. The molecule has 0 aromatic carbocycles. The SMILES string of the molecule is CCC(C(N)=S)N(C)C(C)CSC. The van der Waals surface area contributed by atoms with Gasteiger partial charge in [-0.25, -0.2) is 0 Å². The molecule has 0 fully saturated rings. The third kappa shape index (κ3) is 4.29. The summed E-state index contributed by atoms with van der Waals surface area (Å²) in [5.41, 5.74) is 5.67. The van der Waals surface area contributed by atoms with Crippen LogP contribution >= 0.6 is 24.0 Å². The molecule has 2 N–H and O–H groups in total. The van der Waals surface area contributed by atoms with Crippen LogP contribution in [-0.2, 0) is 0 Å². The Morgan fingerprint density at radius 3 is 2.46 bits per heavy atom. The molecule has 4 heteroatoms. The molecule has 0 saturated heterocycles. The molecule has 0 aromatic rings. The fraction of sp³-hybridized carbons (Fsp3) is 0.889. The maximum absolute atomic E-state index is 5.67. The van der Waals surface area contributed by atoms with Crippen LogP contribution < -0.4 is 5.73 Å². The average Bonchev–Trinajstić information content (AvgIpc) is 2.05. The highest BCUT2D eigenvalue weighted by Crippen LogP contribution is 2.10. The van der Waals surface area contributed by atoms with Gasteiger partial charge in [-0.15, -0.1) is 0 Å². The summed E-state index contributed by atoms with van der Waals surface area (Å²) in [4.78, 5) is 2.87. The first-order valence-electron chi connectivity index (χ1n) is 4.54. The van der Waals surface area contributed by atoms with E-state index in [1.807, 2.05) is 11.8 Å². The van der Waals surface area contributed by atoms with E-state index >= 15 is 0 Å². The van der Waals surface area contributed by atoms with Gasteiger partial charge in [0.25, 0.3) is 0 Å². The van der Waals surface area contributed by atoms with E-state index in [0.29, 0.717) is 11.0 Å². The molecule has 0 saturated carbocycles. The molecule has 0 radical (unpaired) electrons. The van der Waals surface area contributed by atoms with Crippen molar-refractivity contribution in [2.24, 2.45) is 5.73 Å². The predicted octanol–water partition coefficient (Wildman–Crippen LogP) is 1.73. The zero-order valence-electron chi connectivity index (χ0n) is 8.91. The first-order chi connectivity index (χ1) is 6.04. The molecular formula is C9H20N2S2. The summed E-state index contributed by atoms with van der Waals surface area (Å²) in [6.45, 7) is 4.32. The van der Waals surface area contributed by atoms with E-state index in [1.165, 1.54) is 0 Å². The fourth-order valence-corrected chi connectivity index (χ4v) is 2.41. The Morgan fingerprint density at radius 2 is 2.15 bits per heavy atom. The second kappa shape index (κ2) is 6.62. The van der Waals surface area contributed by atoms with Crippen molar-refractivity contribution < 1.29 is 0 Å². The van der Waals surface area contributed by atoms with E-state index in [-0.39, 0.29) is 6.04 Å². The smallest absolute Gasteiger partial charge is 0.0901 e. The van der Waals surface area contributed by atoms with Crippen molar-refractivity contribution >= 4 is 29.0 Å². The van der Waals surface area contributed by atoms with Crippen LogP contribution in [0, 0.1) is 0 Å². The second-order valence-electron chi connectivity index (χ2n) is 3.30. The third-order valence-corrected chi connectivity index (χ3v) is 3.40. The summed E-state index contributed by atoms with van der Waals surface area (Å²) >= 11 is 6.88. The van der Waals surface area contributed by atoms with Crippen LogP contribution in [0.4, 0.5) is 0 Å². The summed E-state index contributed by atoms with van der Waals surface area (Å²) in [5, 5.41) is 0. The first-order valence-corrected chi connectivity index (χ1v) is 6.35. The monoisotopic (exact) mass is 220 g/mol. The van der Waals surface area contributed by atoms with Gasteiger partial charge in [-0.2, -0.15) is 11.8 Å². The Bertz CT molecular complexity index is 162. The van der Waals surface area contributed by atoms with Gasteiger partial charge in [-0.05, 0) is 26.6 Å². The van der Waals surface area contributed by atoms with Crippen molar-refractivity contribution in [1.82, 2.24) is 4.90 Å². The van der Waals surface area contributed by atoms with Crippen molar-refractivity contribution in [3.8, 4) is 0 Å². The zero-order valence-corrected chi connectivity index (χ0v) is 10.5. The second-order valence-corrected chi connectivity index (χ2v) is 4.68. The molecule has 2 unspecified atom stereocenters. The summed E-state index contributed by atoms with van der Waals surface area (Å²) in [5.74, 6) is 1.12. The maximum Gasteiger partial charge on any atom is 0.0901 e. The highest BCUT2D eigenvalue weighted by molar-refractivity contribution is 7.98. The minimum atomic E-state index is 0.247. The normalized spacial score (nSPS) is 15.8. The van der Waals surface area contributed by atoms with Crippen molar-refractivity contribution in [3.05, 3.63) is 0 Å². The number of likely N-dealkylation sites (N-methyl/N-ethyl adjacent to an activating group) is 1. The van der Waals surface area contributed by atoms with Crippen LogP contribution in [0.3, 0.4) is 0 Å². The Hall–Kier alpha value is 0.200. The number of thiocarbonyl (C=S) groups is 1. The van der Waals surface area contributed by atoms with Crippen molar-refractivity contribution in [2.45, 2.75) is 32.4 Å². The number of nitrogens with two attached hydrogens (primary N) is 1. The van der Waals surface area contributed by atoms with Crippen LogP contribution in [0.1, 0.15) is 20.3 Å². The van der Waals surface area contributed by atoms with Crippen molar-refractivity contribution in [2.75, 3.05) is 19.1 Å². The highest BCUT2D eigenvalue weighted by atomic mass is 32.2. The molecule has 0 amide bonds. The molecule has 0 rings (SSSR count). The quantitative estimate of drug-likeness (QED) is 0.690. The van der Waals surface area contributed by atoms with Gasteiger partial charge in [-0.1, -0.05) is 19.1 Å². The van der Waals surface area contributed by atoms with Gasteiger partial charge in [0, 0.05) is 11.8 Å². The summed E-state index contributed by atoms with van der Waals surface area (Å²) in [6.07, 6.45) is 3.11. The molecule has 0 spiro atoms. The molecule has 2 atom stereocenters. The largest absolute Gasteiger partial charge is 0.392 e.